The Hall–Kier alpha value is -3.44. The Labute approximate surface area is 315 Å². The number of nitrogens with zero attached hydrogens (tertiary/aromatic N) is 1. The third kappa shape index (κ3) is 24.7. The molecule has 1 heterocycles. The second-order valence-corrected chi connectivity index (χ2v) is 14.3. The minimum absolute atomic E-state index is 0.118. The fourth-order valence-electron chi connectivity index (χ4n) is 5.12. The summed E-state index contributed by atoms with van der Waals surface area (Å²) in [5, 5.41) is 10.3. The quantitative estimate of drug-likeness (QED) is 0.0636. The zero-order chi connectivity index (χ0) is 40.0. The molecule has 0 aromatic carbocycles. The lowest BCUT2D eigenvalue weighted by atomic mass is 9.85. The van der Waals surface area contributed by atoms with Crippen molar-refractivity contribution in [3.05, 3.63) is 12.7 Å². The first-order chi connectivity index (χ1) is 24.8. The Balaban J connectivity index is 0. The number of ether oxygens (including phenoxy) is 1. The van der Waals surface area contributed by atoms with E-state index in [1.165, 1.54) is 63.2 Å². The molecule has 1 aliphatic heterocycles. The van der Waals surface area contributed by atoms with Crippen LogP contribution >= 0.6 is 0 Å². The summed E-state index contributed by atoms with van der Waals surface area (Å²) >= 11 is 0. The van der Waals surface area contributed by atoms with Gasteiger partial charge >= 0.3 is 12.0 Å². The third-order valence-electron chi connectivity index (χ3n) is 8.53. The van der Waals surface area contributed by atoms with E-state index < -0.39 is 35.5 Å². The van der Waals surface area contributed by atoms with Crippen LogP contribution in [-0.2, 0) is 28.7 Å². The van der Waals surface area contributed by atoms with Gasteiger partial charge in [-0.25, -0.2) is 4.79 Å². The van der Waals surface area contributed by atoms with Crippen LogP contribution in [0.25, 0.3) is 0 Å². The van der Waals surface area contributed by atoms with Gasteiger partial charge in [-0.15, -0.1) is 6.58 Å². The topological polar surface area (TPSA) is 163 Å². The predicted molar refractivity (Wildman–Crippen MR) is 210 cm³/mol. The number of amides is 5. The SMILES string of the molecule is C1CCCCC1.C=CCNC=O.CC.CCCC.CCCC(NC(=O)C1CCCN1C(=O)C(NC(=O)NCC(=O)OCC1CC1)C(C)(C)C)C(C)=O. The Kier molecular flexibility index (Phi) is 30.3. The normalized spacial score (nSPS) is 17.1. The van der Waals surface area contributed by atoms with Gasteiger partial charge in [0.15, 0.2) is 5.78 Å². The fraction of sp³-hybridized carbons (Fsp3) is 0.800. The van der Waals surface area contributed by atoms with Crippen molar-refractivity contribution in [2.75, 3.05) is 26.2 Å². The van der Waals surface area contributed by atoms with E-state index in [-0.39, 0.29) is 24.1 Å². The van der Waals surface area contributed by atoms with E-state index in [2.05, 4.69) is 41.7 Å². The van der Waals surface area contributed by atoms with Crippen LogP contribution in [0.3, 0.4) is 0 Å². The minimum atomic E-state index is -0.914. The van der Waals surface area contributed by atoms with E-state index in [9.17, 15) is 28.8 Å². The number of likely N-dealkylation sites (tertiary alicyclic amines) is 1. The monoisotopic (exact) mass is 738 g/mol. The lowest BCUT2D eigenvalue weighted by Crippen LogP contribution is -2.59. The highest BCUT2D eigenvalue weighted by molar-refractivity contribution is 5.95. The average molecular weight is 738 g/mol. The van der Waals surface area contributed by atoms with Crippen LogP contribution in [0.5, 0.6) is 0 Å². The van der Waals surface area contributed by atoms with Crippen molar-refractivity contribution in [1.29, 1.82) is 0 Å². The average Bonchev–Trinajstić information content (AvgIpc) is 3.84. The van der Waals surface area contributed by atoms with E-state index in [1.807, 2.05) is 41.5 Å². The number of esters is 1. The summed E-state index contributed by atoms with van der Waals surface area (Å²) in [5.41, 5.74) is -0.644. The molecule has 1 saturated heterocycles. The number of hydrogen-bond acceptors (Lipinski definition) is 7. The molecule has 2 saturated carbocycles. The van der Waals surface area contributed by atoms with Gasteiger partial charge in [0.25, 0.3) is 0 Å². The summed E-state index contributed by atoms with van der Waals surface area (Å²) in [4.78, 5) is 73.4. The Morgan fingerprint density at radius 1 is 0.865 bits per heavy atom. The smallest absolute Gasteiger partial charge is 0.325 e. The van der Waals surface area contributed by atoms with Crippen LogP contribution in [0.2, 0.25) is 0 Å². The molecule has 302 valence electrons. The Morgan fingerprint density at radius 3 is 1.83 bits per heavy atom. The minimum Gasteiger partial charge on any atom is -0.464 e. The number of carbonyl (C=O) groups is 6. The highest BCUT2D eigenvalue weighted by Crippen LogP contribution is 2.29. The molecular weight excluding hydrogens is 662 g/mol. The molecule has 0 radical (unpaired) electrons. The van der Waals surface area contributed by atoms with Gasteiger partial charge in [-0.1, -0.05) is 119 Å². The number of nitrogens with one attached hydrogen (secondary N) is 4. The first-order valence-electron chi connectivity index (χ1n) is 19.9. The number of carbonyl (C=O) groups excluding carboxylic acids is 6. The summed E-state index contributed by atoms with van der Waals surface area (Å²) < 4.78 is 5.10. The third-order valence-corrected chi connectivity index (χ3v) is 8.53. The fourth-order valence-corrected chi connectivity index (χ4v) is 5.12. The number of unbranched alkanes of at least 4 members (excludes halogenated alkanes) is 1. The molecule has 0 aromatic heterocycles. The van der Waals surface area contributed by atoms with E-state index in [4.69, 9.17) is 4.74 Å². The van der Waals surface area contributed by atoms with Crippen LogP contribution in [0.1, 0.15) is 152 Å². The molecule has 52 heavy (non-hydrogen) atoms. The van der Waals surface area contributed by atoms with Crippen molar-refractivity contribution < 1.29 is 33.5 Å². The van der Waals surface area contributed by atoms with Crippen molar-refractivity contribution >= 4 is 36.0 Å². The van der Waals surface area contributed by atoms with Gasteiger partial charge in [0, 0.05) is 13.1 Å². The maximum atomic E-state index is 13.5. The molecular formula is C40H75N5O7. The maximum absolute atomic E-state index is 13.5. The molecule has 0 aromatic rings. The molecule has 3 atom stereocenters. The first-order valence-corrected chi connectivity index (χ1v) is 19.9. The number of ketones is 1. The van der Waals surface area contributed by atoms with E-state index in [0.29, 0.717) is 51.3 Å². The number of urea groups is 1. The standard InChI is InChI=1S/C24H40N4O6.C6H12.C4H7NO.C4H10.C2H6/c1-6-8-17(15(2)29)26-21(31)18-9-7-12-28(18)22(32)20(24(3,4)5)27-23(33)25-13-19(30)34-14-16-10-11-16;1-2-4-6-5-3-1;1-2-3-5-4-6;1-3-4-2;1-2/h16-18,20H,6-14H2,1-5H3,(H,26,31)(H2,25,27,33);1-6H2;2,4H,1,3H2,(H,5,6);3-4H2,1-2H3;1-2H3. The second-order valence-electron chi connectivity index (χ2n) is 14.3. The zero-order valence-electron chi connectivity index (χ0n) is 34.2. The molecule has 12 nitrogen and oxygen atoms in total. The maximum Gasteiger partial charge on any atom is 0.325 e. The van der Waals surface area contributed by atoms with Crippen molar-refractivity contribution in [3.8, 4) is 0 Å². The summed E-state index contributed by atoms with van der Waals surface area (Å²) in [5.74, 6) is -0.933. The van der Waals surface area contributed by atoms with Gasteiger partial charge in [0.1, 0.15) is 18.6 Å². The van der Waals surface area contributed by atoms with Crippen LogP contribution in [0.4, 0.5) is 4.79 Å². The largest absolute Gasteiger partial charge is 0.464 e. The van der Waals surface area contributed by atoms with Crippen LogP contribution < -0.4 is 21.3 Å². The van der Waals surface area contributed by atoms with Gasteiger partial charge in [-0.05, 0) is 50.4 Å². The van der Waals surface area contributed by atoms with Gasteiger partial charge in [0.2, 0.25) is 18.2 Å². The molecule has 2 aliphatic carbocycles. The highest BCUT2D eigenvalue weighted by atomic mass is 16.5. The van der Waals surface area contributed by atoms with E-state index >= 15 is 0 Å². The molecule has 12 heteroatoms. The second kappa shape index (κ2) is 31.1. The highest BCUT2D eigenvalue weighted by Gasteiger charge is 2.42. The summed E-state index contributed by atoms with van der Waals surface area (Å²) in [6, 6.07) is -2.84. The summed E-state index contributed by atoms with van der Waals surface area (Å²) in [6.07, 6.45) is 18.4. The molecule has 0 spiro atoms. The molecule has 3 aliphatic rings. The Morgan fingerprint density at radius 2 is 1.42 bits per heavy atom. The molecule has 3 rings (SSSR count). The molecule has 5 amide bonds. The van der Waals surface area contributed by atoms with Crippen LogP contribution in [0.15, 0.2) is 12.7 Å². The van der Waals surface area contributed by atoms with Crippen molar-refractivity contribution in [2.24, 2.45) is 11.3 Å². The lowest BCUT2D eigenvalue weighted by molar-refractivity contribution is -0.142. The molecule has 4 N–H and O–H groups in total. The van der Waals surface area contributed by atoms with Crippen LogP contribution in [-0.4, -0.2) is 85.3 Å². The van der Waals surface area contributed by atoms with E-state index in [0.717, 1.165) is 19.3 Å². The van der Waals surface area contributed by atoms with Gasteiger partial charge in [-0.3, -0.25) is 24.0 Å². The van der Waals surface area contributed by atoms with Crippen LogP contribution in [0, 0.1) is 11.3 Å². The summed E-state index contributed by atoms with van der Waals surface area (Å²) in [7, 11) is 0. The first kappa shape index (κ1) is 50.7. The number of hydrogen-bond donors (Lipinski definition) is 4. The lowest BCUT2D eigenvalue weighted by Gasteiger charge is -2.35. The Bertz CT molecular complexity index is 1000. The molecule has 3 fully saturated rings. The van der Waals surface area contributed by atoms with Gasteiger partial charge in [0.05, 0.1) is 12.6 Å². The molecule has 0 bridgehead atoms. The van der Waals surface area contributed by atoms with E-state index in [1.54, 1.807) is 6.08 Å². The number of rotatable bonds is 15. The van der Waals surface area contributed by atoms with Crippen molar-refractivity contribution in [3.63, 3.8) is 0 Å². The van der Waals surface area contributed by atoms with Crippen molar-refractivity contribution in [2.45, 2.75) is 170 Å². The van der Waals surface area contributed by atoms with Crippen molar-refractivity contribution in [1.82, 2.24) is 26.2 Å². The number of Topliss-reactive ketones (excluding diaryl/α,β-unsaturated/α-hetero) is 1. The van der Waals surface area contributed by atoms with Gasteiger partial charge in [-0.2, -0.15) is 0 Å². The molecule has 3 unspecified atom stereocenters. The zero-order valence-corrected chi connectivity index (χ0v) is 34.2. The predicted octanol–water partition coefficient (Wildman–Crippen LogP) is 6.61. The summed E-state index contributed by atoms with van der Waals surface area (Å²) in [6.45, 7) is 21.6. The van der Waals surface area contributed by atoms with Gasteiger partial charge < -0.3 is 30.9 Å².